The topological polar surface area (TPSA) is 26.0 Å². The molecule has 0 saturated heterocycles. The van der Waals surface area contributed by atoms with Crippen LogP contribution in [0.5, 0.6) is 0 Å². The largest absolute Gasteiger partial charge is 0.389 e. The van der Waals surface area contributed by atoms with Gasteiger partial charge in [0.15, 0.2) is 0 Å². The Morgan fingerprint density at radius 2 is 1.88 bits per heavy atom. The van der Waals surface area contributed by atoms with E-state index in [0.717, 1.165) is 5.56 Å². The van der Waals surface area contributed by atoms with Crippen molar-refractivity contribution in [1.82, 2.24) is 0 Å². The highest BCUT2D eigenvalue weighted by molar-refractivity contribution is 5.85. The Hall–Kier alpha value is -0.810. The van der Waals surface area contributed by atoms with E-state index < -0.39 is 24.5 Å². The molecule has 2 N–H and O–H groups in total. The first-order chi connectivity index (χ1) is 7.29. The Balaban J connectivity index is 0.00000256. The lowest BCUT2D eigenvalue weighted by Crippen LogP contribution is -2.17. The van der Waals surface area contributed by atoms with Crippen LogP contribution >= 0.6 is 12.4 Å². The highest BCUT2D eigenvalue weighted by atomic mass is 35.5. The van der Waals surface area contributed by atoms with Crippen molar-refractivity contribution in [2.75, 3.05) is 0 Å². The summed E-state index contributed by atoms with van der Waals surface area (Å²) in [5.41, 5.74) is 6.45. The Kier molecular flexibility index (Phi) is 5.92. The van der Waals surface area contributed by atoms with E-state index in [0.29, 0.717) is 0 Å². The number of nitrogens with two attached hydrogens (primary N) is 1. The third kappa shape index (κ3) is 5.37. The van der Waals surface area contributed by atoms with Gasteiger partial charge in [-0.3, -0.25) is 0 Å². The summed E-state index contributed by atoms with van der Waals surface area (Å²) >= 11 is 0. The second kappa shape index (κ2) is 6.21. The van der Waals surface area contributed by atoms with Gasteiger partial charge >= 0.3 is 6.18 Å². The molecule has 0 heterocycles. The number of alkyl halides is 3. The van der Waals surface area contributed by atoms with E-state index in [4.69, 9.17) is 5.73 Å². The summed E-state index contributed by atoms with van der Waals surface area (Å²) in [5.74, 6) is -0.555. The van der Waals surface area contributed by atoms with Crippen LogP contribution < -0.4 is 5.73 Å². The molecule has 0 aliphatic heterocycles. The van der Waals surface area contributed by atoms with Gasteiger partial charge in [-0.15, -0.1) is 12.4 Å². The zero-order valence-corrected chi connectivity index (χ0v) is 10.0. The molecule has 0 aliphatic rings. The van der Waals surface area contributed by atoms with Crippen LogP contribution in [0.15, 0.2) is 18.2 Å². The van der Waals surface area contributed by atoms with E-state index in [-0.39, 0.29) is 24.4 Å². The van der Waals surface area contributed by atoms with Crippen LogP contribution in [-0.4, -0.2) is 6.18 Å². The van der Waals surface area contributed by atoms with E-state index >= 15 is 0 Å². The summed E-state index contributed by atoms with van der Waals surface area (Å²) < 4.78 is 49.2. The van der Waals surface area contributed by atoms with Gasteiger partial charge in [0.1, 0.15) is 5.82 Å². The van der Waals surface area contributed by atoms with E-state index in [1.807, 2.05) is 0 Å². The zero-order chi connectivity index (χ0) is 12.3. The van der Waals surface area contributed by atoms with Crippen molar-refractivity contribution in [2.45, 2.75) is 32.0 Å². The quantitative estimate of drug-likeness (QED) is 0.829. The highest BCUT2D eigenvalue weighted by Gasteiger charge is 2.28. The van der Waals surface area contributed by atoms with Gasteiger partial charge in [-0.2, -0.15) is 13.2 Å². The molecule has 0 amide bonds. The molecule has 0 aliphatic carbocycles. The van der Waals surface area contributed by atoms with Crippen molar-refractivity contribution < 1.29 is 17.6 Å². The number of aryl methyl sites for hydroxylation is 1. The average molecular weight is 272 g/mol. The minimum Gasteiger partial charge on any atom is -0.324 e. The second-order valence-electron chi connectivity index (χ2n) is 3.79. The van der Waals surface area contributed by atoms with Gasteiger partial charge < -0.3 is 5.73 Å². The molecule has 1 aromatic rings. The molecule has 1 rings (SSSR count). The molecule has 0 spiro atoms. The number of rotatable bonds is 3. The number of hydrogen-bond acceptors (Lipinski definition) is 1. The summed E-state index contributed by atoms with van der Waals surface area (Å²) in [5, 5.41) is 0. The van der Waals surface area contributed by atoms with Crippen LogP contribution in [0, 0.1) is 12.7 Å². The Morgan fingerprint density at radius 1 is 1.29 bits per heavy atom. The van der Waals surface area contributed by atoms with Crippen molar-refractivity contribution in [3.05, 3.63) is 35.1 Å². The average Bonchev–Trinajstić information content (AvgIpc) is 2.17. The molecule has 0 fully saturated rings. The van der Waals surface area contributed by atoms with E-state index in [9.17, 15) is 17.6 Å². The summed E-state index contributed by atoms with van der Waals surface area (Å²) in [4.78, 5) is 0. The minimum atomic E-state index is -4.25. The maximum absolute atomic E-state index is 13.3. The molecule has 1 aromatic carbocycles. The first kappa shape index (κ1) is 16.2. The number of benzene rings is 1. The SMILES string of the molecule is Cc1ccc(F)c([C@@H](N)CCC(F)(F)F)c1.Cl. The smallest absolute Gasteiger partial charge is 0.324 e. The predicted octanol–water partition coefficient (Wildman–Crippen LogP) is 3.90. The summed E-state index contributed by atoms with van der Waals surface area (Å²) in [6.45, 7) is 1.74. The van der Waals surface area contributed by atoms with Gasteiger partial charge in [0.25, 0.3) is 0 Å². The molecule has 6 heteroatoms. The van der Waals surface area contributed by atoms with Crippen LogP contribution in [0.1, 0.15) is 30.0 Å². The van der Waals surface area contributed by atoms with Crippen molar-refractivity contribution in [1.29, 1.82) is 0 Å². The van der Waals surface area contributed by atoms with E-state index in [2.05, 4.69) is 0 Å². The fraction of sp³-hybridized carbons (Fsp3) is 0.455. The molecule has 0 unspecified atom stereocenters. The maximum Gasteiger partial charge on any atom is 0.389 e. The van der Waals surface area contributed by atoms with Gasteiger partial charge in [0.2, 0.25) is 0 Å². The molecule has 17 heavy (non-hydrogen) atoms. The van der Waals surface area contributed by atoms with Crippen molar-refractivity contribution in [2.24, 2.45) is 5.73 Å². The Labute approximate surface area is 103 Å². The fourth-order valence-corrected chi connectivity index (χ4v) is 1.42. The number of hydrogen-bond donors (Lipinski definition) is 1. The zero-order valence-electron chi connectivity index (χ0n) is 9.22. The third-order valence-electron chi connectivity index (χ3n) is 2.29. The van der Waals surface area contributed by atoms with Crippen LogP contribution in [0.2, 0.25) is 0 Å². The van der Waals surface area contributed by atoms with Crippen molar-refractivity contribution >= 4 is 12.4 Å². The van der Waals surface area contributed by atoms with Crippen LogP contribution in [-0.2, 0) is 0 Å². The molecule has 0 saturated carbocycles. The molecular weight excluding hydrogens is 258 g/mol. The summed E-state index contributed by atoms with van der Waals surface area (Å²) in [7, 11) is 0. The van der Waals surface area contributed by atoms with Gasteiger partial charge in [0, 0.05) is 18.0 Å². The summed E-state index contributed by atoms with van der Waals surface area (Å²) in [6.07, 6.45) is -5.55. The monoisotopic (exact) mass is 271 g/mol. The van der Waals surface area contributed by atoms with Crippen LogP contribution in [0.3, 0.4) is 0 Å². The molecular formula is C11H14ClF4N. The lowest BCUT2D eigenvalue weighted by Gasteiger charge is -2.14. The summed E-state index contributed by atoms with van der Waals surface area (Å²) in [6, 6.07) is 3.34. The van der Waals surface area contributed by atoms with Gasteiger partial charge in [-0.05, 0) is 19.4 Å². The van der Waals surface area contributed by atoms with Gasteiger partial charge in [0.05, 0.1) is 0 Å². The first-order valence-corrected chi connectivity index (χ1v) is 4.88. The molecule has 98 valence electrons. The predicted molar refractivity (Wildman–Crippen MR) is 60.6 cm³/mol. The molecule has 0 radical (unpaired) electrons. The molecule has 1 atom stereocenters. The lowest BCUT2D eigenvalue weighted by molar-refractivity contribution is -0.136. The normalized spacial score (nSPS) is 13.1. The van der Waals surface area contributed by atoms with E-state index in [1.165, 1.54) is 12.1 Å². The van der Waals surface area contributed by atoms with Crippen LogP contribution in [0.4, 0.5) is 17.6 Å². The van der Waals surface area contributed by atoms with Gasteiger partial charge in [-0.1, -0.05) is 17.7 Å². The third-order valence-corrected chi connectivity index (χ3v) is 2.29. The maximum atomic E-state index is 13.3. The standard InChI is InChI=1S/C11H13F4N.ClH/c1-7-2-3-9(12)8(6-7)10(16)4-5-11(13,14)15;/h2-3,6,10H,4-5,16H2,1H3;1H/t10-;/m0./s1. The molecule has 0 bridgehead atoms. The molecule has 0 aromatic heterocycles. The van der Waals surface area contributed by atoms with E-state index in [1.54, 1.807) is 13.0 Å². The van der Waals surface area contributed by atoms with Gasteiger partial charge in [-0.25, -0.2) is 4.39 Å². The Bertz CT molecular complexity index is 365. The second-order valence-corrected chi connectivity index (χ2v) is 3.79. The number of halogens is 5. The van der Waals surface area contributed by atoms with Crippen molar-refractivity contribution in [3.8, 4) is 0 Å². The fourth-order valence-electron chi connectivity index (χ4n) is 1.42. The highest BCUT2D eigenvalue weighted by Crippen LogP contribution is 2.27. The van der Waals surface area contributed by atoms with Crippen molar-refractivity contribution in [3.63, 3.8) is 0 Å². The molecule has 1 nitrogen and oxygen atoms in total. The first-order valence-electron chi connectivity index (χ1n) is 4.88. The lowest BCUT2D eigenvalue weighted by atomic mass is 10.0. The Morgan fingerprint density at radius 3 is 2.41 bits per heavy atom. The minimum absolute atomic E-state index is 0. The van der Waals surface area contributed by atoms with Crippen LogP contribution in [0.25, 0.3) is 0 Å².